The van der Waals surface area contributed by atoms with E-state index in [2.05, 4.69) is 4.98 Å². The highest BCUT2D eigenvalue weighted by Crippen LogP contribution is 2.38. The van der Waals surface area contributed by atoms with Gasteiger partial charge in [-0.2, -0.15) is 18.4 Å². The van der Waals surface area contributed by atoms with Gasteiger partial charge in [0, 0.05) is 12.3 Å². The van der Waals surface area contributed by atoms with Crippen LogP contribution in [-0.2, 0) is 6.18 Å². The molecule has 0 fully saturated rings. The normalized spacial score (nSPS) is 11.0. The number of hydrogen-bond acceptors (Lipinski definition) is 4. The molecule has 2 aromatic rings. The quantitative estimate of drug-likeness (QED) is 0.626. The van der Waals surface area contributed by atoms with E-state index in [0.717, 1.165) is 30.5 Å². The maximum atomic E-state index is 13.0. The van der Waals surface area contributed by atoms with Crippen molar-refractivity contribution < 1.29 is 18.1 Å². The second kappa shape index (κ2) is 5.20. The average molecular weight is 293 g/mol. The van der Waals surface area contributed by atoms with E-state index in [0.29, 0.717) is 0 Å². The number of nitro groups is 1. The number of nitro benzene ring substituents is 1. The van der Waals surface area contributed by atoms with E-state index >= 15 is 0 Å². The summed E-state index contributed by atoms with van der Waals surface area (Å²) < 4.78 is 38.9. The van der Waals surface area contributed by atoms with E-state index in [4.69, 9.17) is 5.26 Å². The fourth-order valence-corrected chi connectivity index (χ4v) is 1.80. The first-order valence-corrected chi connectivity index (χ1v) is 5.55. The number of hydrogen-bond donors (Lipinski definition) is 0. The number of aromatic nitrogens is 1. The number of nitrogens with zero attached hydrogens (tertiary/aromatic N) is 3. The lowest BCUT2D eigenvalue weighted by molar-refractivity contribution is -0.384. The SMILES string of the molecule is N#Cc1ccc(-c2ncccc2C(F)(F)F)c([N+](=O)[O-])c1. The maximum Gasteiger partial charge on any atom is 0.418 e. The standard InChI is InChI=1S/C13H6F3N3O2/c14-13(15,16)10-2-1-5-18-12(10)9-4-3-8(7-17)6-11(9)19(20)21/h1-6H. The molecule has 0 saturated heterocycles. The highest BCUT2D eigenvalue weighted by molar-refractivity contribution is 5.74. The molecule has 0 N–H and O–H groups in total. The van der Waals surface area contributed by atoms with Crippen LogP contribution in [0.5, 0.6) is 0 Å². The smallest absolute Gasteiger partial charge is 0.258 e. The van der Waals surface area contributed by atoms with Gasteiger partial charge in [-0.05, 0) is 24.3 Å². The molecule has 106 valence electrons. The summed E-state index contributed by atoms with van der Waals surface area (Å²) in [5.74, 6) is 0. The molecule has 1 heterocycles. The van der Waals surface area contributed by atoms with E-state index in [1.54, 1.807) is 6.07 Å². The summed E-state index contributed by atoms with van der Waals surface area (Å²) in [4.78, 5) is 13.8. The Balaban J connectivity index is 2.74. The van der Waals surface area contributed by atoms with Crippen molar-refractivity contribution >= 4 is 5.69 Å². The lowest BCUT2D eigenvalue weighted by Gasteiger charge is -2.11. The van der Waals surface area contributed by atoms with Gasteiger partial charge in [0.2, 0.25) is 0 Å². The van der Waals surface area contributed by atoms with Crippen LogP contribution in [0.1, 0.15) is 11.1 Å². The molecule has 0 bridgehead atoms. The van der Waals surface area contributed by atoms with Crippen LogP contribution in [0.15, 0.2) is 36.5 Å². The average Bonchev–Trinajstić information content (AvgIpc) is 2.45. The number of halogens is 3. The Morgan fingerprint density at radius 1 is 1.29 bits per heavy atom. The number of rotatable bonds is 2. The van der Waals surface area contributed by atoms with Crippen molar-refractivity contribution in [3.05, 3.63) is 57.8 Å². The Morgan fingerprint density at radius 2 is 2.00 bits per heavy atom. The summed E-state index contributed by atoms with van der Waals surface area (Å²) >= 11 is 0. The van der Waals surface area contributed by atoms with Crippen LogP contribution >= 0.6 is 0 Å². The summed E-state index contributed by atoms with van der Waals surface area (Å²) in [6.45, 7) is 0. The molecule has 0 aliphatic rings. The van der Waals surface area contributed by atoms with Crippen LogP contribution in [0, 0.1) is 21.4 Å². The predicted molar refractivity (Wildman–Crippen MR) is 66.0 cm³/mol. The molecule has 5 nitrogen and oxygen atoms in total. The first kappa shape index (κ1) is 14.5. The molecule has 0 saturated carbocycles. The molecule has 0 radical (unpaired) electrons. The third-order valence-electron chi connectivity index (χ3n) is 2.69. The highest BCUT2D eigenvalue weighted by atomic mass is 19.4. The zero-order chi connectivity index (χ0) is 15.6. The monoisotopic (exact) mass is 293 g/mol. The maximum absolute atomic E-state index is 13.0. The van der Waals surface area contributed by atoms with Crippen molar-refractivity contribution in [3.63, 3.8) is 0 Å². The molecular weight excluding hydrogens is 287 g/mol. The van der Waals surface area contributed by atoms with Crippen molar-refractivity contribution in [3.8, 4) is 17.3 Å². The third-order valence-corrected chi connectivity index (χ3v) is 2.69. The lowest BCUT2D eigenvalue weighted by atomic mass is 10.0. The zero-order valence-electron chi connectivity index (χ0n) is 10.3. The van der Waals surface area contributed by atoms with Gasteiger partial charge < -0.3 is 0 Å². The summed E-state index contributed by atoms with van der Waals surface area (Å²) in [6, 6.07) is 6.81. The Kier molecular flexibility index (Phi) is 3.58. The van der Waals surface area contributed by atoms with Crippen molar-refractivity contribution in [2.45, 2.75) is 6.18 Å². The molecule has 1 aromatic carbocycles. The van der Waals surface area contributed by atoms with Crippen LogP contribution in [0.4, 0.5) is 18.9 Å². The van der Waals surface area contributed by atoms with E-state index in [1.807, 2.05) is 0 Å². The van der Waals surface area contributed by atoms with Crippen molar-refractivity contribution in [1.82, 2.24) is 4.98 Å². The molecule has 1 aromatic heterocycles. The Labute approximate surface area is 116 Å². The lowest BCUT2D eigenvalue weighted by Crippen LogP contribution is -2.09. The van der Waals surface area contributed by atoms with Gasteiger partial charge in [0.05, 0.1) is 33.4 Å². The fourth-order valence-electron chi connectivity index (χ4n) is 1.80. The molecular formula is C13H6F3N3O2. The van der Waals surface area contributed by atoms with Gasteiger partial charge in [-0.3, -0.25) is 15.1 Å². The number of pyridine rings is 1. The Bertz CT molecular complexity index is 751. The van der Waals surface area contributed by atoms with Gasteiger partial charge >= 0.3 is 6.18 Å². The van der Waals surface area contributed by atoms with Crippen LogP contribution in [-0.4, -0.2) is 9.91 Å². The van der Waals surface area contributed by atoms with E-state index in [9.17, 15) is 23.3 Å². The van der Waals surface area contributed by atoms with E-state index in [1.165, 1.54) is 6.07 Å². The van der Waals surface area contributed by atoms with Gasteiger partial charge in [-0.15, -0.1) is 0 Å². The molecule has 8 heteroatoms. The highest BCUT2D eigenvalue weighted by Gasteiger charge is 2.35. The number of benzene rings is 1. The van der Waals surface area contributed by atoms with Crippen LogP contribution in [0.25, 0.3) is 11.3 Å². The van der Waals surface area contributed by atoms with Gasteiger partial charge in [0.25, 0.3) is 5.69 Å². The number of nitriles is 1. The third kappa shape index (κ3) is 2.81. The van der Waals surface area contributed by atoms with E-state index in [-0.39, 0.29) is 11.1 Å². The zero-order valence-corrected chi connectivity index (χ0v) is 10.3. The summed E-state index contributed by atoms with van der Waals surface area (Å²) in [7, 11) is 0. The van der Waals surface area contributed by atoms with Crippen molar-refractivity contribution in [1.29, 1.82) is 5.26 Å². The number of alkyl halides is 3. The summed E-state index contributed by atoms with van der Waals surface area (Å²) in [5, 5.41) is 19.7. The van der Waals surface area contributed by atoms with Crippen LogP contribution < -0.4 is 0 Å². The topological polar surface area (TPSA) is 79.8 Å². The molecule has 21 heavy (non-hydrogen) atoms. The molecule has 0 amide bonds. The second-order valence-corrected chi connectivity index (χ2v) is 4.00. The van der Waals surface area contributed by atoms with Crippen LogP contribution in [0.2, 0.25) is 0 Å². The Morgan fingerprint density at radius 3 is 2.57 bits per heavy atom. The first-order chi connectivity index (χ1) is 9.84. The molecule has 0 unspecified atom stereocenters. The molecule has 0 aliphatic carbocycles. The summed E-state index contributed by atoms with van der Waals surface area (Å²) in [5.41, 5.74) is -2.51. The van der Waals surface area contributed by atoms with Gasteiger partial charge in [0.1, 0.15) is 0 Å². The largest absolute Gasteiger partial charge is 0.418 e. The molecule has 0 atom stereocenters. The van der Waals surface area contributed by atoms with Crippen LogP contribution in [0.3, 0.4) is 0 Å². The molecule has 0 aliphatic heterocycles. The van der Waals surface area contributed by atoms with E-state index < -0.39 is 28.0 Å². The van der Waals surface area contributed by atoms with Gasteiger partial charge in [-0.25, -0.2) is 0 Å². The summed E-state index contributed by atoms with van der Waals surface area (Å²) in [6.07, 6.45) is -3.57. The fraction of sp³-hybridized carbons (Fsp3) is 0.0769. The Hall–Kier alpha value is -2.95. The minimum atomic E-state index is -4.69. The van der Waals surface area contributed by atoms with Gasteiger partial charge in [-0.1, -0.05) is 0 Å². The molecule has 0 spiro atoms. The predicted octanol–water partition coefficient (Wildman–Crippen LogP) is 3.55. The minimum Gasteiger partial charge on any atom is -0.258 e. The second-order valence-electron chi connectivity index (χ2n) is 4.00. The first-order valence-electron chi connectivity index (χ1n) is 5.55. The molecule has 2 rings (SSSR count). The van der Waals surface area contributed by atoms with Crippen molar-refractivity contribution in [2.24, 2.45) is 0 Å². The van der Waals surface area contributed by atoms with Crippen molar-refractivity contribution in [2.75, 3.05) is 0 Å². The van der Waals surface area contributed by atoms with Gasteiger partial charge in [0.15, 0.2) is 0 Å². The minimum absolute atomic E-state index is 0.0186.